The molecule has 2 amide bonds. The lowest BCUT2D eigenvalue weighted by molar-refractivity contribution is -0.153. The van der Waals surface area contributed by atoms with Crippen molar-refractivity contribution in [1.29, 1.82) is 0 Å². The smallest absolute Gasteiger partial charge is 0.311 e. The zero-order valence-corrected chi connectivity index (χ0v) is 19.9. The number of amides is 2. The Morgan fingerprint density at radius 2 is 2.09 bits per heavy atom. The van der Waals surface area contributed by atoms with Gasteiger partial charge in [-0.25, -0.2) is 0 Å². The summed E-state index contributed by atoms with van der Waals surface area (Å²) in [5.41, 5.74) is 0. The van der Waals surface area contributed by atoms with Gasteiger partial charge in [-0.3, -0.25) is 14.4 Å². The van der Waals surface area contributed by atoms with Gasteiger partial charge in [0.05, 0.1) is 16.6 Å². The maximum absolute atomic E-state index is 13.9. The van der Waals surface area contributed by atoms with E-state index >= 15 is 0 Å². The fourth-order valence-corrected chi connectivity index (χ4v) is 7.74. The number of fused-ring (bicyclic) bond motifs is 1. The topological polar surface area (TPSA) is 87.1 Å². The van der Waals surface area contributed by atoms with E-state index in [0.717, 1.165) is 25.7 Å². The summed E-state index contributed by atoms with van der Waals surface area (Å²) in [6.07, 6.45) is 7.82. The molecule has 0 saturated carbocycles. The number of likely N-dealkylation sites (tertiary alicyclic amines) is 1. The van der Waals surface area contributed by atoms with Gasteiger partial charge in [0.1, 0.15) is 12.6 Å². The molecule has 32 heavy (non-hydrogen) atoms. The molecule has 8 heteroatoms. The first-order valence-electron chi connectivity index (χ1n) is 11.7. The summed E-state index contributed by atoms with van der Waals surface area (Å²) in [5, 5.41) is 9.24. The standard InChI is InChI=1S/C24H36N2O5S/c1-4-7-13-25(12-5-2)22(29)20-24-11-10-17(32-24)18(23(30)31-16-6-3)19(24)21(28)26(20)14-8-9-15-27/h5-6,17-20,27H,2-4,7-16H2,1H3/t17-,18+,19+,20?,24?/m1/s1. The molecule has 1 N–H and O–H groups in total. The number of carbonyl (C=O) groups excluding carboxylic acids is 3. The number of nitrogens with zero attached hydrogens (tertiary/aromatic N) is 2. The summed E-state index contributed by atoms with van der Waals surface area (Å²) in [5.74, 6) is -1.59. The highest BCUT2D eigenvalue weighted by molar-refractivity contribution is 8.02. The Balaban J connectivity index is 1.95. The highest BCUT2D eigenvalue weighted by atomic mass is 32.2. The predicted molar refractivity (Wildman–Crippen MR) is 125 cm³/mol. The average Bonchev–Trinajstić information content (AvgIpc) is 3.42. The molecular formula is C24H36N2O5S. The molecular weight excluding hydrogens is 428 g/mol. The summed E-state index contributed by atoms with van der Waals surface area (Å²) in [6.45, 7) is 11.1. The van der Waals surface area contributed by atoms with Gasteiger partial charge in [-0.2, -0.15) is 0 Å². The Hall–Kier alpha value is -1.80. The van der Waals surface area contributed by atoms with E-state index < -0.39 is 22.6 Å². The Labute approximate surface area is 195 Å². The second-order valence-corrected chi connectivity index (χ2v) is 10.5. The third kappa shape index (κ3) is 4.36. The van der Waals surface area contributed by atoms with Crippen molar-refractivity contribution in [3.8, 4) is 0 Å². The molecule has 3 saturated heterocycles. The maximum Gasteiger partial charge on any atom is 0.311 e. The minimum Gasteiger partial charge on any atom is -0.461 e. The molecule has 0 aromatic rings. The van der Waals surface area contributed by atoms with E-state index in [9.17, 15) is 19.5 Å². The van der Waals surface area contributed by atoms with Crippen molar-refractivity contribution in [3.63, 3.8) is 0 Å². The first-order chi connectivity index (χ1) is 15.5. The minimum absolute atomic E-state index is 0.000321. The van der Waals surface area contributed by atoms with Crippen molar-refractivity contribution >= 4 is 29.5 Å². The number of carbonyl (C=O) groups is 3. The van der Waals surface area contributed by atoms with Crippen LogP contribution in [0.15, 0.2) is 25.3 Å². The Morgan fingerprint density at radius 3 is 2.75 bits per heavy atom. The van der Waals surface area contributed by atoms with Crippen LogP contribution < -0.4 is 0 Å². The molecule has 3 heterocycles. The number of rotatable bonds is 13. The molecule has 3 rings (SSSR count). The van der Waals surface area contributed by atoms with E-state index in [-0.39, 0.29) is 36.2 Å². The maximum atomic E-state index is 13.9. The number of unbranched alkanes of at least 4 members (excludes halogenated alkanes) is 2. The van der Waals surface area contributed by atoms with Crippen molar-refractivity contribution < 1.29 is 24.2 Å². The van der Waals surface area contributed by atoms with E-state index in [1.807, 2.05) is 4.90 Å². The Kier molecular flexibility index (Phi) is 8.44. The quantitative estimate of drug-likeness (QED) is 0.256. The van der Waals surface area contributed by atoms with E-state index in [1.165, 1.54) is 6.08 Å². The van der Waals surface area contributed by atoms with Gasteiger partial charge in [0.15, 0.2) is 0 Å². The zero-order chi connectivity index (χ0) is 23.3. The normalized spacial score (nSPS) is 30.3. The Morgan fingerprint density at radius 1 is 1.31 bits per heavy atom. The van der Waals surface area contributed by atoms with E-state index in [2.05, 4.69) is 20.1 Å². The fraction of sp³-hybridized carbons (Fsp3) is 0.708. The molecule has 2 unspecified atom stereocenters. The molecule has 178 valence electrons. The first-order valence-corrected chi connectivity index (χ1v) is 12.6. The second kappa shape index (κ2) is 10.9. The molecule has 3 fully saturated rings. The first kappa shape index (κ1) is 24.8. The summed E-state index contributed by atoms with van der Waals surface area (Å²) >= 11 is 1.65. The van der Waals surface area contributed by atoms with Crippen LogP contribution in [0.4, 0.5) is 0 Å². The number of aliphatic hydroxyl groups is 1. The second-order valence-electron chi connectivity index (χ2n) is 8.86. The van der Waals surface area contributed by atoms with E-state index in [4.69, 9.17) is 4.74 Å². The minimum atomic E-state index is -0.596. The van der Waals surface area contributed by atoms with Crippen LogP contribution in [-0.4, -0.2) is 81.6 Å². The van der Waals surface area contributed by atoms with E-state index in [0.29, 0.717) is 32.5 Å². The number of hydrogen-bond acceptors (Lipinski definition) is 6. The van der Waals surface area contributed by atoms with E-state index in [1.54, 1.807) is 22.7 Å². The molecule has 5 atom stereocenters. The monoisotopic (exact) mass is 464 g/mol. The largest absolute Gasteiger partial charge is 0.461 e. The number of ether oxygens (including phenoxy) is 1. The van der Waals surface area contributed by atoms with Crippen LogP contribution in [0, 0.1) is 11.8 Å². The van der Waals surface area contributed by atoms with Crippen molar-refractivity contribution in [1.82, 2.24) is 9.80 Å². The molecule has 3 aliphatic rings. The molecule has 0 aliphatic carbocycles. The van der Waals surface area contributed by atoms with Crippen LogP contribution in [-0.2, 0) is 19.1 Å². The van der Waals surface area contributed by atoms with Crippen molar-refractivity contribution in [2.45, 2.75) is 61.5 Å². The van der Waals surface area contributed by atoms with Crippen LogP contribution in [0.2, 0.25) is 0 Å². The fourth-order valence-electron chi connectivity index (χ4n) is 5.54. The SMILES string of the molecule is C=CCOC(=O)[C@@H]1[C@H]2C(=O)N(CCCCO)C(C(=O)N(CC=C)CCCC)C23CC[C@H]1S3. The number of aliphatic hydroxyl groups excluding tert-OH is 1. The highest BCUT2D eigenvalue weighted by Crippen LogP contribution is 2.66. The number of hydrogen-bond donors (Lipinski definition) is 1. The average molecular weight is 465 g/mol. The molecule has 7 nitrogen and oxygen atoms in total. The van der Waals surface area contributed by atoms with Crippen LogP contribution in [0.5, 0.6) is 0 Å². The van der Waals surface area contributed by atoms with Gasteiger partial charge >= 0.3 is 5.97 Å². The van der Waals surface area contributed by atoms with Gasteiger partial charge in [-0.1, -0.05) is 32.1 Å². The lowest BCUT2D eigenvalue weighted by Crippen LogP contribution is -2.55. The van der Waals surface area contributed by atoms with Crippen LogP contribution in [0.1, 0.15) is 45.4 Å². The van der Waals surface area contributed by atoms with Crippen molar-refractivity contribution in [2.24, 2.45) is 11.8 Å². The molecule has 0 aromatic carbocycles. The summed E-state index contributed by atoms with van der Waals surface area (Å²) < 4.78 is 4.77. The summed E-state index contributed by atoms with van der Waals surface area (Å²) in [4.78, 5) is 44.0. The zero-order valence-electron chi connectivity index (χ0n) is 19.0. The Bertz CT molecular complexity index is 744. The van der Waals surface area contributed by atoms with Gasteiger partial charge in [-0.05, 0) is 32.1 Å². The van der Waals surface area contributed by atoms with Crippen LogP contribution >= 0.6 is 11.8 Å². The molecule has 0 aromatic heterocycles. The highest BCUT2D eigenvalue weighted by Gasteiger charge is 2.74. The lowest BCUT2D eigenvalue weighted by atomic mass is 9.71. The third-order valence-corrected chi connectivity index (χ3v) is 8.85. The van der Waals surface area contributed by atoms with Gasteiger partial charge < -0.3 is 19.6 Å². The molecule has 3 aliphatic heterocycles. The van der Waals surface area contributed by atoms with Crippen molar-refractivity contribution in [2.75, 3.05) is 32.8 Å². The third-order valence-electron chi connectivity index (χ3n) is 6.90. The summed E-state index contributed by atoms with van der Waals surface area (Å²) in [6, 6.07) is -0.595. The van der Waals surface area contributed by atoms with Gasteiger partial charge in [-0.15, -0.1) is 18.3 Å². The van der Waals surface area contributed by atoms with Gasteiger partial charge in [0, 0.05) is 31.5 Å². The number of thioether (sulfide) groups is 1. The molecule has 1 spiro atoms. The van der Waals surface area contributed by atoms with Crippen LogP contribution in [0.3, 0.4) is 0 Å². The molecule has 0 radical (unpaired) electrons. The van der Waals surface area contributed by atoms with Crippen LogP contribution in [0.25, 0.3) is 0 Å². The molecule has 2 bridgehead atoms. The summed E-state index contributed by atoms with van der Waals surface area (Å²) in [7, 11) is 0. The number of esters is 1. The van der Waals surface area contributed by atoms with Crippen molar-refractivity contribution in [3.05, 3.63) is 25.3 Å². The van der Waals surface area contributed by atoms with Gasteiger partial charge in [0.25, 0.3) is 0 Å². The predicted octanol–water partition coefficient (Wildman–Crippen LogP) is 2.39. The van der Waals surface area contributed by atoms with Gasteiger partial charge in [0.2, 0.25) is 11.8 Å². The lowest BCUT2D eigenvalue weighted by Gasteiger charge is -2.37.